The molecule has 0 spiro atoms. The van der Waals surface area contributed by atoms with Crippen molar-refractivity contribution in [1.29, 1.82) is 0 Å². The van der Waals surface area contributed by atoms with Crippen molar-refractivity contribution >= 4 is 11.6 Å². The molecule has 1 saturated carbocycles. The minimum absolute atomic E-state index is 0.113. The molecule has 1 aliphatic carbocycles. The first-order chi connectivity index (χ1) is 12.7. The maximum atomic E-state index is 14.3. The van der Waals surface area contributed by atoms with E-state index in [9.17, 15) is 9.18 Å². The van der Waals surface area contributed by atoms with Crippen LogP contribution < -0.4 is 5.32 Å². The van der Waals surface area contributed by atoms with Crippen LogP contribution >= 0.6 is 0 Å². The molecule has 0 bridgehead atoms. The Labute approximate surface area is 149 Å². The van der Waals surface area contributed by atoms with Crippen LogP contribution in [0.4, 0.5) is 10.1 Å². The third-order valence-electron chi connectivity index (χ3n) is 4.72. The largest absolute Gasteiger partial charge is 0.319 e. The smallest absolute Gasteiger partial charge is 0.258 e. The van der Waals surface area contributed by atoms with Crippen molar-refractivity contribution in [3.8, 4) is 11.4 Å². The molecule has 1 fully saturated rings. The van der Waals surface area contributed by atoms with Crippen LogP contribution in [0.2, 0.25) is 0 Å². The van der Waals surface area contributed by atoms with E-state index in [2.05, 4.69) is 25.6 Å². The number of hydrogen-bond donors (Lipinski definition) is 2. The van der Waals surface area contributed by atoms with Gasteiger partial charge in [-0.05, 0) is 37.0 Å². The van der Waals surface area contributed by atoms with Crippen molar-refractivity contribution in [3.63, 3.8) is 0 Å². The number of carbonyl (C=O) groups is 1. The zero-order valence-corrected chi connectivity index (χ0v) is 14.2. The highest BCUT2D eigenvalue weighted by atomic mass is 19.1. The van der Waals surface area contributed by atoms with Crippen molar-refractivity contribution in [3.05, 3.63) is 48.3 Å². The van der Waals surface area contributed by atoms with Crippen LogP contribution in [0.3, 0.4) is 0 Å². The van der Waals surface area contributed by atoms with Crippen molar-refractivity contribution in [1.82, 2.24) is 25.0 Å². The third kappa shape index (κ3) is 3.49. The minimum atomic E-state index is -0.536. The zero-order valence-electron chi connectivity index (χ0n) is 14.2. The van der Waals surface area contributed by atoms with Crippen molar-refractivity contribution in [2.75, 3.05) is 5.32 Å². The molecule has 26 heavy (non-hydrogen) atoms. The molecule has 1 amide bonds. The maximum Gasteiger partial charge on any atom is 0.258 e. The van der Waals surface area contributed by atoms with Crippen LogP contribution in [0.5, 0.6) is 0 Å². The average molecular weight is 354 g/mol. The fraction of sp³-hybridized carbons (Fsp3) is 0.333. The number of halogens is 1. The number of nitrogens with one attached hydrogen (secondary N) is 2. The van der Waals surface area contributed by atoms with E-state index in [1.54, 1.807) is 16.9 Å². The highest BCUT2D eigenvalue weighted by molar-refractivity contribution is 6.04. The predicted octanol–water partition coefficient (Wildman–Crippen LogP) is 3.25. The van der Waals surface area contributed by atoms with Gasteiger partial charge in [-0.2, -0.15) is 10.2 Å². The number of carbonyl (C=O) groups excluding carboxylic acids is 1. The van der Waals surface area contributed by atoms with Crippen LogP contribution in [0.1, 0.15) is 36.0 Å². The molecule has 0 aliphatic heterocycles. The summed E-state index contributed by atoms with van der Waals surface area (Å²) < 4.78 is 16.1. The second-order valence-electron chi connectivity index (χ2n) is 6.58. The summed E-state index contributed by atoms with van der Waals surface area (Å²) in [6.07, 6.45) is 9.55. The van der Waals surface area contributed by atoms with Crippen LogP contribution in [0, 0.1) is 11.7 Å². The SMILES string of the molecule is O=C(Nc1ccc(-c2ncn[nH]2)cc1F)c1cnn(CC2CCCC2)c1. The van der Waals surface area contributed by atoms with Gasteiger partial charge in [0.1, 0.15) is 12.1 Å². The lowest BCUT2D eigenvalue weighted by Gasteiger charge is -2.08. The lowest BCUT2D eigenvalue weighted by Crippen LogP contribution is -2.13. The quantitative estimate of drug-likeness (QED) is 0.736. The Morgan fingerprint density at radius 3 is 2.92 bits per heavy atom. The monoisotopic (exact) mass is 354 g/mol. The van der Waals surface area contributed by atoms with Gasteiger partial charge in [-0.15, -0.1) is 0 Å². The van der Waals surface area contributed by atoms with E-state index >= 15 is 0 Å². The van der Waals surface area contributed by atoms with Gasteiger partial charge < -0.3 is 5.32 Å². The second kappa shape index (κ2) is 7.07. The van der Waals surface area contributed by atoms with Gasteiger partial charge in [-0.1, -0.05) is 12.8 Å². The molecular formula is C18H19FN6O. The molecule has 8 heteroatoms. The molecule has 3 aromatic rings. The summed E-state index contributed by atoms with van der Waals surface area (Å²) in [6.45, 7) is 0.827. The average Bonchev–Trinajstić information content (AvgIpc) is 3.39. The van der Waals surface area contributed by atoms with Crippen molar-refractivity contribution < 1.29 is 9.18 Å². The highest BCUT2D eigenvalue weighted by Crippen LogP contribution is 2.26. The van der Waals surface area contributed by atoms with E-state index in [4.69, 9.17) is 0 Å². The molecule has 134 valence electrons. The summed E-state index contributed by atoms with van der Waals surface area (Å²) in [7, 11) is 0. The highest BCUT2D eigenvalue weighted by Gasteiger charge is 2.17. The number of benzene rings is 1. The van der Waals surface area contributed by atoms with Crippen LogP contribution in [0.15, 0.2) is 36.9 Å². The summed E-state index contributed by atoms with van der Waals surface area (Å²) >= 11 is 0. The third-order valence-corrected chi connectivity index (χ3v) is 4.72. The molecular weight excluding hydrogens is 335 g/mol. The maximum absolute atomic E-state index is 14.3. The van der Waals surface area contributed by atoms with Gasteiger partial charge in [0.25, 0.3) is 5.91 Å². The number of anilines is 1. The first-order valence-corrected chi connectivity index (χ1v) is 8.68. The van der Waals surface area contributed by atoms with Gasteiger partial charge in [0.05, 0.1) is 17.4 Å². The van der Waals surface area contributed by atoms with E-state index in [0.29, 0.717) is 22.9 Å². The summed E-state index contributed by atoms with van der Waals surface area (Å²) in [5.41, 5.74) is 1.09. The zero-order chi connectivity index (χ0) is 17.9. The molecule has 0 radical (unpaired) electrons. The standard InChI is InChI=1S/C18H19FN6O/c19-15-7-13(17-20-11-21-24-17)5-6-16(15)23-18(26)14-8-22-25(10-14)9-12-3-1-2-4-12/h5-8,10-12H,1-4,9H2,(H,23,26)(H,20,21,24). The Hall–Kier alpha value is -3.03. The predicted molar refractivity (Wildman–Crippen MR) is 93.9 cm³/mol. The number of aromatic nitrogens is 5. The second-order valence-corrected chi connectivity index (χ2v) is 6.58. The molecule has 1 aliphatic rings. The first kappa shape index (κ1) is 16.4. The Morgan fingerprint density at radius 1 is 1.35 bits per heavy atom. The number of hydrogen-bond acceptors (Lipinski definition) is 4. The Balaban J connectivity index is 1.43. The fourth-order valence-corrected chi connectivity index (χ4v) is 3.34. The van der Waals surface area contributed by atoms with Gasteiger partial charge in [-0.3, -0.25) is 14.6 Å². The van der Waals surface area contributed by atoms with Crippen LogP contribution in [0.25, 0.3) is 11.4 Å². The Kier molecular flexibility index (Phi) is 4.47. The fourth-order valence-electron chi connectivity index (χ4n) is 3.34. The van der Waals surface area contributed by atoms with Crippen molar-refractivity contribution in [2.24, 2.45) is 5.92 Å². The molecule has 0 saturated heterocycles. The van der Waals surface area contributed by atoms with E-state index in [-0.39, 0.29) is 11.6 Å². The van der Waals surface area contributed by atoms with E-state index < -0.39 is 5.82 Å². The molecule has 4 rings (SSSR count). The van der Waals surface area contributed by atoms with Gasteiger partial charge in [0, 0.05) is 18.3 Å². The molecule has 2 aromatic heterocycles. The summed E-state index contributed by atoms with van der Waals surface area (Å²) in [4.78, 5) is 16.3. The lowest BCUT2D eigenvalue weighted by molar-refractivity contribution is 0.102. The van der Waals surface area contributed by atoms with Gasteiger partial charge in [0.15, 0.2) is 5.82 Å². The molecule has 2 heterocycles. The molecule has 7 nitrogen and oxygen atoms in total. The number of nitrogens with zero attached hydrogens (tertiary/aromatic N) is 4. The van der Waals surface area contributed by atoms with Gasteiger partial charge >= 0.3 is 0 Å². The Bertz CT molecular complexity index is 898. The number of amides is 1. The summed E-state index contributed by atoms with van der Waals surface area (Å²) in [5.74, 6) is 0.182. The number of rotatable bonds is 5. The Morgan fingerprint density at radius 2 is 2.19 bits per heavy atom. The molecule has 0 unspecified atom stereocenters. The van der Waals surface area contributed by atoms with Crippen LogP contribution in [-0.4, -0.2) is 30.9 Å². The topological polar surface area (TPSA) is 88.5 Å². The van der Waals surface area contributed by atoms with E-state index in [1.807, 2.05) is 0 Å². The summed E-state index contributed by atoms with van der Waals surface area (Å²) in [6, 6.07) is 4.48. The van der Waals surface area contributed by atoms with E-state index in [1.165, 1.54) is 50.3 Å². The molecule has 1 aromatic carbocycles. The number of aromatic amines is 1. The normalized spacial score (nSPS) is 14.7. The lowest BCUT2D eigenvalue weighted by atomic mass is 10.1. The van der Waals surface area contributed by atoms with Crippen LogP contribution in [-0.2, 0) is 6.54 Å². The number of H-pyrrole nitrogens is 1. The summed E-state index contributed by atoms with van der Waals surface area (Å²) in [5, 5.41) is 13.3. The molecule has 0 atom stereocenters. The minimum Gasteiger partial charge on any atom is -0.319 e. The van der Waals surface area contributed by atoms with Crippen molar-refractivity contribution in [2.45, 2.75) is 32.2 Å². The van der Waals surface area contributed by atoms with E-state index in [0.717, 1.165) is 6.54 Å². The molecule has 2 N–H and O–H groups in total. The van der Waals surface area contributed by atoms with Gasteiger partial charge in [0.2, 0.25) is 0 Å². The van der Waals surface area contributed by atoms with Gasteiger partial charge in [-0.25, -0.2) is 9.37 Å². The first-order valence-electron chi connectivity index (χ1n) is 8.68.